The number of nitrogens with zero attached hydrogens (tertiary/aromatic N) is 4. The molecule has 0 N–H and O–H groups in total. The molecule has 0 saturated carbocycles. The Balaban J connectivity index is 1.43. The van der Waals surface area contributed by atoms with E-state index in [1.165, 1.54) is 15.9 Å². The van der Waals surface area contributed by atoms with Crippen molar-refractivity contribution >= 4 is 43.1 Å². The Hall–Kier alpha value is -3.19. The first-order chi connectivity index (χ1) is 15.8. The molecular weight excluding hydrogens is 432 g/mol. The van der Waals surface area contributed by atoms with Gasteiger partial charge in [-0.1, -0.05) is 30.3 Å². The fourth-order valence-corrected chi connectivity index (χ4v) is 5.99. The third kappa shape index (κ3) is 3.70. The van der Waals surface area contributed by atoms with Crippen molar-refractivity contribution in [2.75, 3.05) is 24.5 Å². The van der Waals surface area contributed by atoms with Crippen molar-refractivity contribution in [1.82, 2.24) is 14.7 Å². The van der Waals surface area contributed by atoms with Crippen molar-refractivity contribution in [2.45, 2.75) is 39.8 Å². The summed E-state index contributed by atoms with van der Waals surface area (Å²) in [4.78, 5) is 31.1. The van der Waals surface area contributed by atoms with E-state index in [1.807, 2.05) is 36.1 Å². The number of anilines is 1. The molecule has 0 radical (unpaired) electrons. The largest absolute Gasteiger partial charge is 0.365 e. The van der Waals surface area contributed by atoms with Gasteiger partial charge in [0.1, 0.15) is 6.04 Å². The monoisotopic (exact) mass is 460 g/mol. The van der Waals surface area contributed by atoms with Gasteiger partial charge in [0.2, 0.25) is 5.91 Å². The van der Waals surface area contributed by atoms with E-state index in [0.29, 0.717) is 18.5 Å². The summed E-state index contributed by atoms with van der Waals surface area (Å²) >= 11 is 1.58. The van der Waals surface area contributed by atoms with Crippen LogP contribution in [0.25, 0.3) is 20.2 Å². The molecule has 170 valence electrons. The highest BCUT2D eigenvalue weighted by Crippen LogP contribution is 2.33. The van der Waals surface area contributed by atoms with Crippen LogP contribution in [-0.2, 0) is 4.79 Å². The summed E-state index contributed by atoms with van der Waals surface area (Å²) in [6, 6.07) is 15.9. The molecule has 4 aromatic rings. The molecule has 1 saturated heterocycles. The van der Waals surface area contributed by atoms with Gasteiger partial charge in [0, 0.05) is 41.4 Å². The zero-order chi connectivity index (χ0) is 23.3. The molecule has 3 heterocycles. The van der Waals surface area contributed by atoms with E-state index in [0.717, 1.165) is 27.0 Å². The predicted octanol–water partition coefficient (Wildman–Crippen LogP) is 4.53. The van der Waals surface area contributed by atoms with E-state index in [-0.39, 0.29) is 17.5 Å². The van der Waals surface area contributed by atoms with E-state index in [4.69, 9.17) is 0 Å². The fourth-order valence-electron chi connectivity index (χ4n) is 4.86. The van der Waals surface area contributed by atoms with Gasteiger partial charge in [-0.05, 0) is 51.5 Å². The van der Waals surface area contributed by atoms with E-state index < -0.39 is 6.04 Å². The molecule has 0 bridgehead atoms. The molecule has 6 nitrogen and oxygen atoms in total. The average Bonchev–Trinajstić information content (AvgIpc) is 3.21. The molecular formula is C26H28N4O2S. The number of hydrogen-bond donors (Lipinski definition) is 0. The number of aryl methyl sites for hydroxylation is 2. The van der Waals surface area contributed by atoms with Crippen LogP contribution in [0, 0.1) is 13.8 Å². The molecule has 7 heteroatoms. The number of carbonyl (C=O) groups is 1. The van der Waals surface area contributed by atoms with Gasteiger partial charge in [-0.25, -0.2) is 4.68 Å². The quantitative estimate of drug-likeness (QED) is 0.451. The van der Waals surface area contributed by atoms with Crippen LogP contribution in [0.3, 0.4) is 0 Å². The lowest BCUT2D eigenvalue weighted by molar-refractivity contribution is -0.135. The van der Waals surface area contributed by atoms with Crippen LogP contribution in [0.2, 0.25) is 0 Å². The number of aromatic nitrogens is 2. The third-order valence-corrected chi connectivity index (χ3v) is 7.88. The van der Waals surface area contributed by atoms with Crippen LogP contribution in [0.15, 0.2) is 53.3 Å². The summed E-state index contributed by atoms with van der Waals surface area (Å²) < 4.78 is 3.35. The van der Waals surface area contributed by atoms with Crippen LogP contribution < -0.4 is 10.5 Å². The first-order valence-corrected chi connectivity index (χ1v) is 12.2. The zero-order valence-corrected chi connectivity index (χ0v) is 20.2. The van der Waals surface area contributed by atoms with Crippen molar-refractivity contribution in [3.63, 3.8) is 0 Å². The standard InChI is InChI=1S/C26H28N4O2S/c1-16-8-7-9-20(14-16)29-13-12-28(15-17(29)2)25(31)19(4)30-26(32)23-21-10-5-6-11-22(21)33-24(23)18(3)27-30/h5-11,14,17,19H,12-13,15H2,1-4H3/t17-,19-/m0/s1. The Morgan fingerprint density at radius 1 is 1.12 bits per heavy atom. The molecule has 2 aromatic carbocycles. The second-order valence-corrected chi connectivity index (χ2v) is 10.0. The summed E-state index contributed by atoms with van der Waals surface area (Å²) in [7, 11) is 0. The van der Waals surface area contributed by atoms with Gasteiger partial charge in [-0.15, -0.1) is 11.3 Å². The Morgan fingerprint density at radius 2 is 1.91 bits per heavy atom. The van der Waals surface area contributed by atoms with Crippen molar-refractivity contribution < 1.29 is 4.79 Å². The van der Waals surface area contributed by atoms with Crippen LogP contribution >= 0.6 is 11.3 Å². The van der Waals surface area contributed by atoms with E-state index in [9.17, 15) is 9.59 Å². The molecule has 1 fully saturated rings. The molecule has 0 aliphatic carbocycles. The predicted molar refractivity (Wildman–Crippen MR) is 135 cm³/mol. The molecule has 1 aliphatic rings. The number of rotatable bonds is 3. The molecule has 0 spiro atoms. The summed E-state index contributed by atoms with van der Waals surface area (Å²) in [5, 5.41) is 6.16. The van der Waals surface area contributed by atoms with Gasteiger partial charge in [0.25, 0.3) is 5.56 Å². The maximum Gasteiger partial charge on any atom is 0.276 e. The van der Waals surface area contributed by atoms with Crippen molar-refractivity contribution in [1.29, 1.82) is 0 Å². The Bertz CT molecular complexity index is 1420. The lowest BCUT2D eigenvalue weighted by atomic mass is 10.1. The second-order valence-electron chi connectivity index (χ2n) is 8.98. The molecule has 1 amide bonds. The summed E-state index contributed by atoms with van der Waals surface area (Å²) in [6.07, 6.45) is 0. The molecule has 33 heavy (non-hydrogen) atoms. The van der Waals surface area contributed by atoms with Crippen LogP contribution in [0.4, 0.5) is 5.69 Å². The zero-order valence-electron chi connectivity index (χ0n) is 19.4. The Kier molecular flexibility index (Phi) is 5.44. The molecule has 5 rings (SSSR count). The average molecular weight is 461 g/mol. The first kappa shape index (κ1) is 21.6. The second kappa shape index (κ2) is 8.30. The van der Waals surface area contributed by atoms with E-state index >= 15 is 0 Å². The first-order valence-electron chi connectivity index (χ1n) is 11.4. The normalized spacial score (nSPS) is 17.6. The number of benzene rings is 2. The number of amides is 1. The van der Waals surface area contributed by atoms with Crippen LogP contribution in [-0.4, -0.2) is 46.3 Å². The van der Waals surface area contributed by atoms with Gasteiger partial charge < -0.3 is 9.80 Å². The summed E-state index contributed by atoms with van der Waals surface area (Å²) in [5.41, 5.74) is 3.00. The minimum atomic E-state index is -0.656. The highest BCUT2D eigenvalue weighted by molar-refractivity contribution is 7.26. The number of fused-ring (bicyclic) bond motifs is 3. The lowest BCUT2D eigenvalue weighted by Crippen LogP contribution is -2.55. The summed E-state index contributed by atoms with van der Waals surface area (Å²) in [5.74, 6) is -0.0568. The number of carbonyl (C=O) groups excluding carboxylic acids is 1. The SMILES string of the molecule is Cc1cccc(N2CCN(C(=O)[C@H](C)n3nc(C)c4sc5ccccc5c4c3=O)C[C@@H]2C)c1. The maximum atomic E-state index is 13.5. The highest BCUT2D eigenvalue weighted by Gasteiger charge is 2.31. The van der Waals surface area contributed by atoms with Gasteiger partial charge in [0.15, 0.2) is 0 Å². The van der Waals surface area contributed by atoms with Gasteiger partial charge >= 0.3 is 0 Å². The number of piperazine rings is 1. The topological polar surface area (TPSA) is 58.4 Å². The smallest absolute Gasteiger partial charge is 0.276 e. The lowest BCUT2D eigenvalue weighted by Gasteiger charge is -2.42. The highest BCUT2D eigenvalue weighted by atomic mass is 32.1. The number of hydrogen-bond acceptors (Lipinski definition) is 5. The van der Waals surface area contributed by atoms with Gasteiger partial charge in [-0.2, -0.15) is 5.10 Å². The third-order valence-electron chi connectivity index (χ3n) is 6.60. The minimum Gasteiger partial charge on any atom is -0.365 e. The fraction of sp³-hybridized carbons (Fsp3) is 0.346. The molecule has 2 atom stereocenters. The Morgan fingerprint density at radius 3 is 2.67 bits per heavy atom. The van der Waals surface area contributed by atoms with Crippen molar-refractivity contribution in [2.24, 2.45) is 0 Å². The van der Waals surface area contributed by atoms with Crippen LogP contribution in [0.5, 0.6) is 0 Å². The van der Waals surface area contributed by atoms with E-state index in [1.54, 1.807) is 18.3 Å². The van der Waals surface area contributed by atoms with Gasteiger partial charge in [0.05, 0.1) is 15.8 Å². The number of thiophene rings is 1. The van der Waals surface area contributed by atoms with Crippen molar-refractivity contribution in [3.05, 3.63) is 70.1 Å². The molecule has 1 aliphatic heterocycles. The minimum absolute atomic E-state index is 0.0568. The molecule has 2 aromatic heterocycles. The van der Waals surface area contributed by atoms with Gasteiger partial charge in [-0.3, -0.25) is 9.59 Å². The van der Waals surface area contributed by atoms with Crippen molar-refractivity contribution in [3.8, 4) is 0 Å². The maximum absolute atomic E-state index is 13.5. The molecule has 0 unspecified atom stereocenters. The summed E-state index contributed by atoms with van der Waals surface area (Å²) in [6.45, 7) is 9.94. The van der Waals surface area contributed by atoms with Crippen LogP contribution in [0.1, 0.15) is 31.1 Å². The Labute approximate surface area is 197 Å². The van der Waals surface area contributed by atoms with E-state index in [2.05, 4.69) is 48.1 Å².